The van der Waals surface area contributed by atoms with Gasteiger partial charge in [-0.25, -0.2) is 4.79 Å². The van der Waals surface area contributed by atoms with E-state index in [2.05, 4.69) is 27.9 Å². The average molecular weight is 524 g/mol. The lowest BCUT2D eigenvalue weighted by Crippen LogP contribution is -2.31. The van der Waals surface area contributed by atoms with Crippen molar-refractivity contribution in [2.45, 2.75) is 13.0 Å². The van der Waals surface area contributed by atoms with Gasteiger partial charge >= 0.3 is 5.97 Å². The maximum atomic E-state index is 13.7. The molecule has 1 unspecified atom stereocenters. The number of nitrogens with one attached hydrogen (secondary N) is 1. The molecule has 0 saturated carbocycles. The molecule has 156 valence electrons. The number of para-hydroxylation sites is 2. The third-order valence-electron chi connectivity index (χ3n) is 4.99. The fourth-order valence-corrected chi connectivity index (χ4v) is 4.00. The molecule has 3 aromatic carbocycles. The smallest absolute Gasteiger partial charge is 0.338 e. The Morgan fingerprint density at radius 1 is 0.968 bits per heavy atom. The van der Waals surface area contributed by atoms with Gasteiger partial charge in [-0.3, -0.25) is 9.69 Å². The van der Waals surface area contributed by atoms with Gasteiger partial charge in [0.2, 0.25) is 0 Å². The van der Waals surface area contributed by atoms with E-state index in [1.807, 2.05) is 84.9 Å². The van der Waals surface area contributed by atoms with E-state index in [-0.39, 0.29) is 18.2 Å². The number of amides is 1. The van der Waals surface area contributed by atoms with Crippen LogP contribution in [-0.4, -0.2) is 18.5 Å². The fourth-order valence-electron chi connectivity index (χ4n) is 3.64. The zero-order valence-corrected chi connectivity index (χ0v) is 19.1. The Morgan fingerprint density at radius 3 is 2.19 bits per heavy atom. The van der Waals surface area contributed by atoms with Crippen LogP contribution < -0.4 is 10.2 Å². The Labute approximate surface area is 194 Å². The van der Waals surface area contributed by atoms with Crippen LogP contribution in [0, 0.1) is 3.57 Å². The van der Waals surface area contributed by atoms with E-state index in [1.165, 1.54) is 0 Å². The molecule has 0 saturated heterocycles. The summed E-state index contributed by atoms with van der Waals surface area (Å²) in [6.45, 7) is 1.98. The molecule has 1 atom stereocenters. The normalized spacial score (nSPS) is 15.9. The number of benzene rings is 3. The van der Waals surface area contributed by atoms with Crippen molar-refractivity contribution in [3.05, 3.63) is 105 Å². The van der Waals surface area contributed by atoms with Crippen LogP contribution in [0.15, 0.2) is 96.2 Å². The van der Waals surface area contributed by atoms with E-state index in [4.69, 9.17) is 4.74 Å². The highest BCUT2D eigenvalue weighted by atomic mass is 127. The standard InChI is InChI=1S/C25H21IN2O3/c1-2-31-25(30)21-22(27-19-9-5-3-6-10-19)24(29)28(20-11-7-4-8-12-20)23(21)17-13-15-18(26)16-14-17/h3-16,23,27H,2H2,1H3. The highest BCUT2D eigenvalue weighted by Gasteiger charge is 2.45. The third kappa shape index (κ3) is 4.34. The lowest BCUT2D eigenvalue weighted by atomic mass is 9.98. The molecule has 1 aliphatic heterocycles. The van der Waals surface area contributed by atoms with Gasteiger partial charge in [-0.1, -0.05) is 48.5 Å². The number of hydrogen-bond acceptors (Lipinski definition) is 4. The van der Waals surface area contributed by atoms with Crippen molar-refractivity contribution in [1.29, 1.82) is 0 Å². The molecule has 0 aliphatic carbocycles. The number of carbonyl (C=O) groups is 2. The lowest BCUT2D eigenvalue weighted by Gasteiger charge is -2.27. The molecule has 31 heavy (non-hydrogen) atoms. The molecule has 3 aromatic rings. The summed E-state index contributed by atoms with van der Waals surface area (Å²) in [6.07, 6.45) is 0. The fraction of sp³-hybridized carbons (Fsp3) is 0.120. The van der Waals surface area contributed by atoms with Crippen LogP contribution in [0.25, 0.3) is 0 Å². The topological polar surface area (TPSA) is 58.6 Å². The number of rotatable bonds is 6. The lowest BCUT2D eigenvalue weighted by molar-refractivity contribution is -0.138. The van der Waals surface area contributed by atoms with E-state index in [0.717, 1.165) is 14.8 Å². The van der Waals surface area contributed by atoms with Crippen molar-refractivity contribution in [1.82, 2.24) is 0 Å². The monoisotopic (exact) mass is 524 g/mol. The van der Waals surface area contributed by atoms with Crippen molar-refractivity contribution in [3.63, 3.8) is 0 Å². The van der Waals surface area contributed by atoms with Crippen LogP contribution in [0.2, 0.25) is 0 Å². The Kier molecular flexibility index (Phi) is 6.36. The number of halogens is 1. The van der Waals surface area contributed by atoms with Crippen LogP contribution >= 0.6 is 22.6 Å². The van der Waals surface area contributed by atoms with Gasteiger partial charge in [0.25, 0.3) is 5.91 Å². The number of hydrogen-bond donors (Lipinski definition) is 1. The maximum Gasteiger partial charge on any atom is 0.338 e. The first-order valence-corrected chi connectivity index (χ1v) is 11.1. The second-order valence-electron chi connectivity index (χ2n) is 6.96. The van der Waals surface area contributed by atoms with Gasteiger partial charge < -0.3 is 10.1 Å². The highest BCUT2D eigenvalue weighted by molar-refractivity contribution is 14.1. The predicted octanol–water partition coefficient (Wildman–Crippen LogP) is 5.31. The summed E-state index contributed by atoms with van der Waals surface area (Å²) in [6, 6.07) is 26.0. The number of carbonyl (C=O) groups excluding carboxylic acids is 2. The molecule has 1 aliphatic rings. The first kappa shape index (κ1) is 21.1. The van der Waals surface area contributed by atoms with Gasteiger partial charge in [0.1, 0.15) is 5.70 Å². The number of anilines is 2. The van der Waals surface area contributed by atoms with E-state index in [0.29, 0.717) is 11.3 Å². The molecule has 1 heterocycles. The zero-order valence-electron chi connectivity index (χ0n) is 16.9. The van der Waals surface area contributed by atoms with Crippen LogP contribution in [0.5, 0.6) is 0 Å². The van der Waals surface area contributed by atoms with Gasteiger partial charge in [-0.15, -0.1) is 0 Å². The molecule has 1 N–H and O–H groups in total. The first-order chi connectivity index (χ1) is 15.1. The van der Waals surface area contributed by atoms with E-state index >= 15 is 0 Å². The highest BCUT2D eigenvalue weighted by Crippen LogP contribution is 2.42. The summed E-state index contributed by atoms with van der Waals surface area (Å²) in [4.78, 5) is 28.4. The largest absolute Gasteiger partial charge is 0.463 e. The molecule has 0 aromatic heterocycles. The molecule has 0 radical (unpaired) electrons. The van der Waals surface area contributed by atoms with E-state index in [9.17, 15) is 9.59 Å². The summed E-state index contributed by atoms with van der Waals surface area (Å²) < 4.78 is 6.46. The van der Waals surface area contributed by atoms with Crippen molar-refractivity contribution < 1.29 is 14.3 Å². The second kappa shape index (κ2) is 9.34. The molecule has 6 heteroatoms. The van der Waals surface area contributed by atoms with Gasteiger partial charge in [0.05, 0.1) is 18.2 Å². The van der Waals surface area contributed by atoms with Gasteiger partial charge in [0, 0.05) is 14.9 Å². The summed E-state index contributed by atoms with van der Waals surface area (Å²) in [5.41, 5.74) is 2.81. The second-order valence-corrected chi connectivity index (χ2v) is 8.21. The van der Waals surface area contributed by atoms with Crippen LogP contribution in [0.1, 0.15) is 18.5 Å². The van der Waals surface area contributed by atoms with Gasteiger partial charge in [-0.05, 0) is 71.5 Å². The van der Waals surface area contributed by atoms with Gasteiger partial charge in [-0.2, -0.15) is 0 Å². The first-order valence-electron chi connectivity index (χ1n) is 9.97. The Bertz CT molecular complexity index is 1110. The minimum absolute atomic E-state index is 0.222. The molecular weight excluding hydrogens is 503 g/mol. The Balaban J connectivity index is 1.89. The van der Waals surface area contributed by atoms with Gasteiger partial charge in [0.15, 0.2) is 0 Å². The number of ether oxygens (including phenoxy) is 1. The van der Waals surface area contributed by atoms with Crippen LogP contribution in [0.3, 0.4) is 0 Å². The third-order valence-corrected chi connectivity index (χ3v) is 5.71. The average Bonchev–Trinajstić information content (AvgIpc) is 3.08. The van der Waals surface area contributed by atoms with E-state index in [1.54, 1.807) is 11.8 Å². The number of esters is 1. The Morgan fingerprint density at radius 2 is 1.58 bits per heavy atom. The molecule has 1 amide bonds. The van der Waals surface area contributed by atoms with Crippen LogP contribution in [-0.2, 0) is 14.3 Å². The SMILES string of the molecule is CCOC(=O)C1=C(Nc2ccccc2)C(=O)N(c2ccccc2)C1c1ccc(I)cc1. The summed E-state index contributed by atoms with van der Waals surface area (Å²) >= 11 is 2.24. The molecule has 0 fully saturated rings. The minimum Gasteiger partial charge on any atom is -0.463 e. The van der Waals surface area contributed by atoms with E-state index < -0.39 is 12.0 Å². The van der Waals surface area contributed by atoms with Crippen molar-refractivity contribution in [2.75, 3.05) is 16.8 Å². The number of nitrogens with zero attached hydrogens (tertiary/aromatic N) is 1. The zero-order chi connectivity index (χ0) is 21.8. The summed E-state index contributed by atoms with van der Waals surface area (Å²) in [5.74, 6) is -0.780. The summed E-state index contributed by atoms with van der Waals surface area (Å²) in [5, 5.41) is 3.18. The predicted molar refractivity (Wildman–Crippen MR) is 130 cm³/mol. The van der Waals surface area contributed by atoms with Crippen LogP contribution in [0.4, 0.5) is 11.4 Å². The molecular formula is C25H21IN2O3. The maximum absolute atomic E-state index is 13.7. The molecule has 0 bridgehead atoms. The quantitative estimate of drug-likeness (QED) is 0.351. The summed E-state index contributed by atoms with van der Waals surface area (Å²) in [7, 11) is 0. The minimum atomic E-state index is -0.600. The molecule has 4 rings (SSSR count). The van der Waals surface area contributed by atoms with Crippen molar-refractivity contribution >= 4 is 45.8 Å². The molecule has 5 nitrogen and oxygen atoms in total. The molecule has 0 spiro atoms. The van der Waals surface area contributed by atoms with Crippen molar-refractivity contribution in [3.8, 4) is 0 Å². The Hall–Kier alpha value is -3.13. The van der Waals surface area contributed by atoms with Crippen molar-refractivity contribution in [2.24, 2.45) is 0 Å².